The molecule has 0 radical (unpaired) electrons. The van der Waals surface area contributed by atoms with Crippen molar-refractivity contribution in [3.05, 3.63) is 108 Å². The number of benzene rings is 2. The molecule has 160 valence electrons. The molecule has 4 aromatic rings. The molecule has 2 unspecified atom stereocenters. The van der Waals surface area contributed by atoms with E-state index in [0.717, 1.165) is 28.5 Å². The molecule has 7 heteroatoms. The van der Waals surface area contributed by atoms with Crippen molar-refractivity contribution in [1.29, 1.82) is 0 Å². The molecular formula is C25H21ClN4OS. The lowest BCUT2D eigenvalue weighted by Crippen LogP contribution is -2.30. The van der Waals surface area contributed by atoms with Crippen LogP contribution in [0.25, 0.3) is 5.69 Å². The third-order valence-electron chi connectivity index (χ3n) is 5.60. The second-order valence-corrected chi connectivity index (χ2v) is 8.30. The second kappa shape index (κ2) is 8.65. The summed E-state index contributed by atoms with van der Waals surface area (Å²) in [4.78, 5) is 6.76. The van der Waals surface area contributed by atoms with Crippen molar-refractivity contribution < 1.29 is 4.74 Å². The molecule has 5 rings (SSSR count). The van der Waals surface area contributed by atoms with E-state index < -0.39 is 0 Å². The molecule has 3 heterocycles. The van der Waals surface area contributed by atoms with E-state index in [-0.39, 0.29) is 12.1 Å². The quantitative estimate of drug-likeness (QED) is 0.386. The lowest BCUT2D eigenvalue weighted by molar-refractivity contribution is 0.414. The molecule has 1 aliphatic rings. The first-order valence-electron chi connectivity index (χ1n) is 10.2. The van der Waals surface area contributed by atoms with Gasteiger partial charge in [0, 0.05) is 40.6 Å². The molecule has 32 heavy (non-hydrogen) atoms. The summed E-state index contributed by atoms with van der Waals surface area (Å²) >= 11 is 12.1. The zero-order valence-electron chi connectivity index (χ0n) is 17.4. The van der Waals surface area contributed by atoms with Crippen LogP contribution in [0.15, 0.2) is 91.3 Å². The Balaban J connectivity index is 1.67. The second-order valence-electron chi connectivity index (χ2n) is 7.48. The van der Waals surface area contributed by atoms with E-state index in [4.69, 9.17) is 28.6 Å². The summed E-state index contributed by atoms with van der Waals surface area (Å²) in [6, 6.07) is 25.6. The number of thiocarbonyl (C=S) groups is 1. The average molecular weight is 461 g/mol. The molecule has 5 nitrogen and oxygen atoms in total. The minimum Gasteiger partial charge on any atom is -0.497 e. The Morgan fingerprint density at radius 1 is 0.969 bits per heavy atom. The molecule has 1 aliphatic heterocycles. The Morgan fingerprint density at radius 3 is 2.59 bits per heavy atom. The van der Waals surface area contributed by atoms with Gasteiger partial charge in [-0.15, -0.1) is 0 Å². The van der Waals surface area contributed by atoms with Crippen molar-refractivity contribution in [1.82, 2.24) is 14.9 Å². The van der Waals surface area contributed by atoms with Crippen molar-refractivity contribution in [3.8, 4) is 11.4 Å². The minimum atomic E-state index is -0.140. The third-order valence-corrected chi connectivity index (χ3v) is 6.15. The van der Waals surface area contributed by atoms with Gasteiger partial charge in [0.15, 0.2) is 5.11 Å². The lowest BCUT2D eigenvalue weighted by Gasteiger charge is -2.29. The van der Waals surface area contributed by atoms with E-state index in [2.05, 4.69) is 25.8 Å². The molecule has 0 aliphatic carbocycles. The summed E-state index contributed by atoms with van der Waals surface area (Å²) < 4.78 is 7.62. The molecular weight excluding hydrogens is 440 g/mol. The summed E-state index contributed by atoms with van der Waals surface area (Å²) in [6.45, 7) is 0. The summed E-state index contributed by atoms with van der Waals surface area (Å²) in [6.07, 6.45) is 3.85. The number of nitrogens with zero attached hydrogens (tertiary/aromatic N) is 3. The van der Waals surface area contributed by atoms with Gasteiger partial charge < -0.3 is 19.5 Å². The van der Waals surface area contributed by atoms with Crippen LogP contribution in [0.4, 0.5) is 5.69 Å². The molecule has 2 atom stereocenters. The highest BCUT2D eigenvalue weighted by molar-refractivity contribution is 7.80. The fourth-order valence-electron chi connectivity index (χ4n) is 4.19. The number of methoxy groups -OCH3 is 1. The number of hydrogen-bond acceptors (Lipinski definition) is 3. The highest BCUT2D eigenvalue weighted by Gasteiger charge is 2.42. The largest absolute Gasteiger partial charge is 0.497 e. The molecule has 1 fully saturated rings. The van der Waals surface area contributed by atoms with E-state index >= 15 is 0 Å². The molecule has 0 saturated carbocycles. The molecule has 0 amide bonds. The number of ether oxygens (including phenoxy) is 1. The molecule has 2 aromatic carbocycles. The Hall–Kier alpha value is -3.35. The summed E-state index contributed by atoms with van der Waals surface area (Å²) in [5.74, 6) is 0.774. The summed E-state index contributed by atoms with van der Waals surface area (Å²) in [5, 5.41) is 4.82. The Morgan fingerprint density at radius 2 is 1.81 bits per heavy atom. The van der Waals surface area contributed by atoms with E-state index in [1.54, 1.807) is 13.3 Å². The number of nitrogens with one attached hydrogen (secondary N) is 1. The molecule has 0 spiro atoms. The zero-order chi connectivity index (χ0) is 22.1. The van der Waals surface area contributed by atoms with Crippen LogP contribution in [0, 0.1) is 0 Å². The van der Waals surface area contributed by atoms with Gasteiger partial charge in [-0.25, -0.2) is 0 Å². The van der Waals surface area contributed by atoms with Gasteiger partial charge in [-0.2, -0.15) is 0 Å². The van der Waals surface area contributed by atoms with E-state index in [9.17, 15) is 0 Å². The molecule has 2 aromatic heterocycles. The summed E-state index contributed by atoms with van der Waals surface area (Å²) in [5.41, 5.74) is 3.92. The van der Waals surface area contributed by atoms with Crippen LogP contribution in [0.1, 0.15) is 23.5 Å². The third kappa shape index (κ3) is 3.72. The maximum atomic E-state index is 6.30. The van der Waals surface area contributed by atoms with Crippen molar-refractivity contribution in [2.75, 3.05) is 12.0 Å². The molecule has 0 bridgehead atoms. The Labute approximate surface area is 197 Å². The van der Waals surface area contributed by atoms with Gasteiger partial charge in [0.2, 0.25) is 0 Å². The predicted molar refractivity (Wildman–Crippen MR) is 132 cm³/mol. The fourth-order valence-corrected chi connectivity index (χ4v) is 4.72. The fraction of sp³-hybridized carbons (Fsp3) is 0.120. The number of anilines is 1. The van der Waals surface area contributed by atoms with Crippen molar-refractivity contribution >= 4 is 34.6 Å². The van der Waals surface area contributed by atoms with Gasteiger partial charge in [0.1, 0.15) is 11.8 Å². The monoisotopic (exact) mass is 460 g/mol. The number of hydrogen-bond donors (Lipinski definition) is 1. The Bertz CT molecular complexity index is 1260. The lowest BCUT2D eigenvalue weighted by atomic mass is 10.0. The van der Waals surface area contributed by atoms with Crippen LogP contribution >= 0.6 is 23.8 Å². The first kappa shape index (κ1) is 20.5. The van der Waals surface area contributed by atoms with Gasteiger partial charge in [0.05, 0.1) is 18.8 Å². The first-order valence-corrected chi connectivity index (χ1v) is 11.0. The van der Waals surface area contributed by atoms with Crippen LogP contribution in [0.3, 0.4) is 0 Å². The van der Waals surface area contributed by atoms with Gasteiger partial charge in [-0.05, 0) is 66.8 Å². The normalized spacial score (nSPS) is 17.9. The SMILES string of the molecule is COc1cccc(N2C(=S)NC(c3ccccn3)C2c2cccn2-c2cccc(Cl)c2)c1. The van der Waals surface area contributed by atoms with E-state index in [0.29, 0.717) is 10.1 Å². The number of pyridine rings is 1. The van der Waals surface area contributed by atoms with E-state index in [1.807, 2.05) is 79.0 Å². The highest BCUT2D eigenvalue weighted by atomic mass is 35.5. The first-order chi connectivity index (χ1) is 15.7. The average Bonchev–Trinajstić information content (AvgIpc) is 3.44. The van der Waals surface area contributed by atoms with Gasteiger partial charge in [0.25, 0.3) is 0 Å². The smallest absolute Gasteiger partial charge is 0.174 e. The maximum absolute atomic E-state index is 6.30. The predicted octanol–water partition coefficient (Wildman–Crippen LogP) is 5.71. The molecule has 1 saturated heterocycles. The van der Waals surface area contributed by atoms with E-state index in [1.165, 1.54) is 0 Å². The number of rotatable bonds is 5. The standard InChI is InChI=1S/C25H21ClN4OS/c1-31-20-10-5-9-19(16-20)30-24(23(28-25(30)32)21-11-2-3-13-27-21)22-12-6-14-29(22)18-8-4-7-17(26)15-18/h2-16,23-24H,1H3,(H,28,32). The maximum Gasteiger partial charge on any atom is 0.174 e. The van der Waals surface area contributed by atoms with Crippen LogP contribution in [-0.4, -0.2) is 21.8 Å². The van der Waals surface area contributed by atoms with Crippen LogP contribution in [0.5, 0.6) is 5.75 Å². The van der Waals surface area contributed by atoms with Crippen LogP contribution in [-0.2, 0) is 0 Å². The topological polar surface area (TPSA) is 42.3 Å². The minimum absolute atomic E-state index is 0.136. The highest BCUT2D eigenvalue weighted by Crippen LogP contribution is 2.42. The number of halogens is 1. The van der Waals surface area contributed by atoms with Crippen molar-refractivity contribution in [2.45, 2.75) is 12.1 Å². The van der Waals surface area contributed by atoms with Gasteiger partial charge in [-0.1, -0.05) is 29.8 Å². The number of aromatic nitrogens is 2. The van der Waals surface area contributed by atoms with Crippen LogP contribution < -0.4 is 15.0 Å². The van der Waals surface area contributed by atoms with Crippen LogP contribution in [0.2, 0.25) is 5.02 Å². The van der Waals surface area contributed by atoms with Gasteiger partial charge in [-0.3, -0.25) is 4.98 Å². The zero-order valence-corrected chi connectivity index (χ0v) is 18.9. The van der Waals surface area contributed by atoms with Crippen molar-refractivity contribution in [3.63, 3.8) is 0 Å². The summed E-state index contributed by atoms with van der Waals surface area (Å²) in [7, 11) is 1.66. The Kier molecular flexibility index (Phi) is 5.55. The molecule has 1 N–H and O–H groups in total. The van der Waals surface area contributed by atoms with Gasteiger partial charge >= 0.3 is 0 Å². The van der Waals surface area contributed by atoms with Crippen molar-refractivity contribution in [2.24, 2.45) is 0 Å².